The van der Waals surface area contributed by atoms with Gasteiger partial charge in [0.2, 0.25) is 0 Å². The number of aliphatic carboxylic acids is 1. The average molecular weight is 321 g/mol. The number of carbonyl (C=O) groups excluding carboxylic acids is 3. The maximum Gasteiger partial charge on any atom is 0.330 e. The molecule has 0 aromatic rings. The Morgan fingerprint density at radius 2 is 2.00 bits per heavy atom. The van der Waals surface area contributed by atoms with Crippen LogP contribution in [0.15, 0.2) is 23.8 Å². The predicted octanol–water partition coefficient (Wildman–Crippen LogP) is 0.116. The number of likely N-dealkylation sites (N-methyl/N-ethyl adjacent to an activating group) is 1. The number of urea groups is 1. The zero-order valence-corrected chi connectivity index (χ0v) is 12.8. The molecule has 1 aliphatic heterocycles. The molecule has 2 aliphatic rings. The molecule has 0 spiro atoms. The van der Waals surface area contributed by atoms with Gasteiger partial charge in [-0.25, -0.2) is 9.59 Å². The van der Waals surface area contributed by atoms with Gasteiger partial charge < -0.3 is 15.3 Å². The first-order valence-corrected chi connectivity index (χ1v) is 7.43. The molecule has 1 heterocycles. The summed E-state index contributed by atoms with van der Waals surface area (Å²) in [6, 6.07) is -2.07. The largest absolute Gasteiger partial charge is 0.479 e. The molecule has 2 rings (SSSR count). The molecule has 0 bridgehead atoms. The van der Waals surface area contributed by atoms with Crippen molar-refractivity contribution in [1.82, 2.24) is 15.1 Å². The third-order valence-electron chi connectivity index (χ3n) is 3.86. The van der Waals surface area contributed by atoms with Crippen LogP contribution < -0.4 is 5.32 Å². The van der Waals surface area contributed by atoms with Gasteiger partial charge in [-0.3, -0.25) is 14.5 Å². The number of piperazine rings is 1. The summed E-state index contributed by atoms with van der Waals surface area (Å²) in [5.41, 5.74) is 0.555. The van der Waals surface area contributed by atoms with Crippen molar-refractivity contribution in [3.05, 3.63) is 23.8 Å². The monoisotopic (exact) mass is 321 g/mol. The zero-order valence-electron chi connectivity index (χ0n) is 12.8. The SMILES string of the molecule is CCN1CCN(C(=O)NC(C(=O)O)C2=CCC=CC2)C(=O)C1=O. The number of allylic oxidation sites excluding steroid dienone is 3. The number of carbonyl (C=O) groups is 4. The van der Waals surface area contributed by atoms with Crippen molar-refractivity contribution in [3.63, 3.8) is 0 Å². The van der Waals surface area contributed by atoms with Gasteiger partial charge in [0.25, 0.3) is 0 Å². The number of nitrogens with one attached hydrogen (secondary N) is 1. The van der Waals surface area contributed by atoms with Crippen molar-refractivity contribution in [3.8, 4) is 0 Å². The van der Waals surface area contributed by atoms with Gasteiger partial charge >= 0.3 is 23.8 Å². The Hall–Kier alpha value is -2.64. The van der Waals surface area contributed by atoms with Crippen LogP contribution in [0, 0.1) is 0 Å². The Labute approximate surface area is 133 Å². The van der Waals surface area contributed by atoms with E-state index in [1.165, 1.54) is 4.90 Å². The van der Waals surface area contributed by atoms with Crippen molar-refractivity contribution in [2.75, 3.05) is 19.6 Å². The molecule has 8 heteroatoms. The Morgan fingerprint density at radius 1 is 1.26 bits per heavy atom. The van der Waals surface area contributed by atoms with Gasteiger partial charge in [0.1, 0.15) is 6.04 Å². The van der Waals surface area contributed by atoms with Gasteiger partial charge in [-0.2, -0.15) is 0 Å². The second kappa shape index (κ2) is 7.08. The first kappa shape index (κ1) is 16.7. The Kier molecular flexibility index (Phi) is 5.15. The molecule has 0 aromatic carbocycles. The number of carboxylic acid groups (broad SMARTS) is 1. The molecule has 0 radical (unpaired) electrons. The summed E-state index contributed by atoms with van der Waals surface area (Å²) in [5, 5.41) is 11.6. The first-order valence-electron chi connectivity index (χ1n) is 7.43. The molecular formula is C15H19N3O5. The molecule has 0 saturated carbocycles. The lowest BCUT2D eigenvalue weighted by molar-refractivity contribution is -0.153. The van der Waals surface area contributed by atoms with E-state index in [-0.39, 0.29) is 13.1 Å². The smallest absolute Gasteiger partial charge is 0.330 e. The minimum atomic E-state index is -1.21. The second-order valence-corrected chi connectivity index (χ2v) is 5.25. The molecule has 1 unspecified atom stereocenters. The molecule has 124 valence electrons. The molecule has 1 fully saturated rings. The van der Waals surface area contributed by atoms with Crippen LogP contribution in [0.2, 0.25) is 0 Å². The van der Waals surface area contributed by atoms with Crippen molar-refractivity contribution in [2.24, 2.45) is 0 Å². The van der Waals surface area contributed by atoms with Crippen LogP contribution in [-0.4, -0.2) is 64.4 Å². The van der Waals surface area contributed by atoms with E-state index < -0.39 is 29.9 Å². The van der Waals surface area contributed by atoms with Crippen LogP contribution in [0.4, 0.5) is 4.79 Å². The number of hydrogen-bond acceptors (Lipinski definition) is 4. The van der Waals surface area contributed by atoms with E-state index >= 15 is 0 Å². The highest BCUT2D eigenvalue weighted by molar-refractivity contribution is 6.38. The summed E-state index contributed by atoms with van der Waals surface area (Å²) in [6.45, 7) is 2.43. The van der Waals surface area contributed by atoms with Gasteiger partial charge in [0.05, 0.1) is 0 Å². The minimum Gasteiger partial charge on any atom is -0.479 e. The molecule has 0 aromatic heterocycles. The van der Waals surface area contributed by atoms with Crippen molar-refractivity contribution in [1.29, 1.82) is 0 Å². The lowest BCUT2D eigenvalue weighted by Gasteiger charge is -2.32. The first-order chi connectivity index (χ1) is 11.0. The third-order valence-corrected chi connectivity index (χ3v) is 3.86. The summed E-state index contributed by atoms with van der Waals surface area (Å²) in [6.07, 6.45) is 6.49. The molecule has 2 N–H and O–H groups in total. The van der Waals surface area contributed by atoms with Crippen LogP contribution in [0.25, 0.3) is 0 Å². The van der Waals surface area contributed by atoms with Crippen molar-refractivity contribution in [2.45, 2.75) is 25.8 Å². The fraction of sp³-hybridized carbons (Fsp3) is 0.467. The summed E-state index contributed by atoms with van der Waals surface area (Å²) >= 11 is 0. The van der Waals surface area contributed by atoms with Gasteiger partial charge in [-0.05, 0) is 25.3 Å². The number of amides is 4. The van der Waals surface area contributed by atoms with E-state index in [0.29, 0.717) is 25.0 Å². The second-order valence-electron chi connectivity index (χ2n) is 5.25. The predicted molar refractivity (Wildman–Crippen MR) is 80.4 cm³/mol. The minimum absolute atomic E-state index is 0.0511. The van der Waals surface area contributed by atoms with Crippen LogP contribution in [-0.2, 0) is 14.4 Å². The van der Waals surface area contributed by atoms with Gasteiger partial charge in [0.15, 0.2) is 0 Å². The normalized spacial score (nSPS) is 19.4. The molecule has 1 atom stereocenters. The van der Waals surface area contributed by atoms with E-state index in [9.17, 15) is 24.3 Å². The summed E-state index contributed by atoms with van der Waals surface area (Å²) < 4.78 is 0. The number of imide groups is 1. The van der Waals surface area contributed by atoms with Crippen LogP contribution in [0.3, 0.4) is 0 Å². The number of nitrogens with zero attached hydrogens (tertiary/aromatic N) is 2. The fourth-order valence-corrected chi connectivity index (χ4v) is 2.54. The van der Waals surface area contributed by atoms with E-state index in [0.717, 1.165) is 4.90 Å². The van der Waals surface area contributed by atoms with E-state index in [1.807, 2.05) is 12.2 Å². The summed E-state index contributed by atoms with van der Waals surface area (Å²) in [4.78, 5) is 49.5. The molecule has 1 aliphatic carbocycles. The third kappa shape index (κ3) is 3.58. The number of hydrogen-bond donors (Lipinski definition) is 2. The van der Waals surface area contributed by atoms with Crippen LogP contribution in [0.5, 0.6) is 0 Å². The standard InChI is InChI=1S/C15H19N3O5/c1-2-17-8-9-18(13(20)12(17)19)15(23)16-11(14(21)22)10-6-4-3-5-7-10/h3-4,7,11H,2,5-6,8-9H2,1H3,(H,16,23)(H,21,22). The van der Waals surface area contributed by atoms with Crippen molar-refractivity contribution < 1.29 is 24.3 Å². The topological polar surface area (TPSA) is 107 Å². The molecule has 23 heavy (non-hydrogen) atoms. The number of rotatable bonds is 4. The highest BCUT2D eigenvalue weighted by Crippen LogP contribution is 2.16. The summed E-state index contributed by atoms with van der Waals surface area (Å²) in [5.74, 6) is -2.89. The van der Waals surface area contributed by atoms with E-state index in [2.05, 4.69) is 5.32 Å². The van der Waals surface area contributed by atoms with Crippen LogP contribution in [0.1, 0.15) is 19.8 Å². The molecule has 1 saturated heterocycles. The lowest BCUT2D eigenvalue weighted by atomic mass is 9.98. The molecule has 8 nitrogen and oxygen atoms in total. The number of carboxylic acids is 1. The van der Waals surface area contributed by atoms with Gasteiger partial charge in [0, 0.05) is 19.6 Å². The Morgan fingerprint density at radius 3 is 2.57 bits per heavy atom. The average Bonchev–Trinajstić information content (AvgIpc) is 2.55. The summed E-state index contributed by atoms with van der Waals surface area (Å²) in [7, 11) is 0. The highest BCUT2D eigenvalue weighted by Gasteiger charge is 2.37. The maximum absolute atomic E-state index is 12.2. The van der Waals surface area contributed by atoms with Gasteiger partial charge in [-0.15, -0.1) is 0 Å². The Balaban J connectivity index is 2.07. The van der Waals surface area contributed by atoms with Gasteiger partial charge in [-0.1, -0.05) is 18.2 Å². The Bertz CT molecular complexity index is 596. The van der Waals surface area contributed by atoms with E-state index in [4.69, 9.17) is 0 Å². The fourth-order valence-electron chi connectivity index (χ4n) is 2.54. The maximum atomic E-state index is 12.2. The van der Waals surface area contributed by atoms with Crippen molar-refractivity contribution >= 4 is 23.8 Å². The lowest BCUT2D eigenvalue weighted by Crippen LogP contribution is -2.59. The molecule has 4 amide bonds. The van der Waals surface area contributed by atoms with E-state index in [1.54, 1.807) is 13.0 Å². The highest BCUT2D eigenvalue weighted by atomic mass is 16.4. The molecular weight excluding hydrogens is 302 g/mol. The van der Waals surface area contributed by atoms with Crippen LogP contribution >= 0.6 is 0 Å². The zero-order chi connectivity index (χ0) is 17.0. The quantitative estimate of drug-likeness (QED) is 0.565.